The number of amides is 4. The summed E-state index contributed by atoms with van der Waals surface area (Å²) in [5.41, 5.74) is 2.26. The van der Waals surface area contributed by atoms with Gasteiger partial charge in [-0.3, -0.25) is 14.5 Å². The number of urea groups is 1. The van der Waals surface area contributed by atoms with Crippen LogP contribution in [-0.2, 0) is 15.1 Å². The van der Waals surface area contributed by atoms with Crippen LogP contribution in [0.1, 0.15) is 23.6 Å². The molecule has 3 rings (SSSR count). The van der Waals surface area contributed by atoms with Crippen LogP contribution in [0.15, 0.2) is 48.5 Å². The Bertz CT molecular complexity index is 859. The summed E-state index contributed by atoms with van der Waals surface area (Å²) in [6.45, 7) is 5.21. The standard InChI is InChI=1S/C20H21N3O3/c1-13-4-8-15(9-5-13)20(3)18(25)23(19(26)22-20)12-17(24)21-16-10-6-14(2)7-11-16/h4-11H,12H2,1-3H3,(H,21,24)(H,22,26)/t20-/m0/s1. The second-order valence-corrected chi connectivity index (χ2v) is 6.73. The lowest BCUT2D eigenvalue weighted by atomic mass is 9.91. The van der Waals surface area contributed by atoms with Gasteiger partial charge in [-0.25, -0.2) is 4.79 Å². The van der Waals surface area contributed by atoms with E-state index >= 15 is 0 Å². The quantitative estimate of drug-likeness (QED) is 0.832. The molecule has 1 aliphatic rings. The van der Waals surface area contributed by atoms with Crippen LogP contribution in [0.2, 0.25) is 0 Å². The van der Waals surface area contributed by atoms with E-state index in [2.05, 4.69) is 10.6 Å². The first kappa shape index (κ1) is 17.7. The average molecular weight is 351 g/mol. The molecule has 2 aromatic carbocycles. The van der Waals surface area contributed by atoms with Crippen molar-refractivity contribution in [1.82, 2.24) is 10.2 Å². The van der Waals surface area contributed by atoms with Crippen molar-refractivity contribution in [2.24, 2.45) is 0 Å². The fourth-order valence-corrected chi connectivity index (χ4v) is 2.90. The van der Waals surface area contributed by atoms with Crippen molar-refractivity contribution in [3.8, 4) is 0 Å². The predicted octanol–water partition coefficient (Wildman–Crippen LogP) is 2.71. The van der Waals surface area contributed by atoms with Crippen molar-refractivity contribution in [2.45, 2.75) is 26.3 Å². The molecule has 2 aromatic rings. The molecular weight excluding hydrogens is 330 g/mol. The molecule has 2 N–H and O–H groups in total. The van der Waals surface area contributed by atoms with Crippen LogP contribution in [-0.4, -0.2) is 29.3 Å². The van der Waals surface area contributed by atoms with Crippen LogP contribution < -0.4 is 10.6 Å². The smallest absolute Gasteiger partial charge is 0.325 e. The first-order chi connectivity index (χ1) is 12.3. The molecule has 1 saturated heterocycles. The summed E-state index contributed by atoms with van der Waals surface area (Å²) in [6.07, 6.45) is 0. The van der Waals surface area contributed by atoms with Crippen LogP contribution in [0.3, 0.4) is 0 Å². The second-order valence-electron chi connectivity index (χ2n) is 6.73. The van der Waals surface area contributed by atoms with Gasteiger partial charge in [0.2, 0.25) is 5.91 Å². The van der Waals surface area contributed by atoms with Crippen molar-refractivity contribution in [3.05, 3.63) is 65.2 Å². The van der Waals surface area contributed by atoms with E-state index in [4.69, 9.17) is 0 Å². The number of carbonyl (C=O) groups is 3. The fourth-order valence-electron chi connectivity index (χ4n) is 2.90. The largest absolute Gasteiger partial charge is 0.325 e. The molecule has 0 unspecified atom stereocenters. The Hall–Kier alpha value is -3.15. The fraction of sp³-hybridized carbons (Fsp3) is 0.250. The first-order valence-corrected chi connectivity index (χ1v) is 8.37. The minimum atomic E-state index is -1.17. The van der Waals surface area contributed by atoms with Gasteiger partial charge in [-0.2, -0.15) is 0 Å². The van der Waals surface area contributed by atoms with Gasteiger partial charge in [0.25, 0.3) is 5.91 Å². The number of aryl methyl sites for hydroxylation is 2. The molecule has 134 valence electrons. The lowest BCUT2D eigenvalue weighted by Gasteiger charge is -2.22. The third-order valence-electron chi connectivity index (χ3n) is 4.54. The molecular formula is C20H21N3O3. The van der Waals surface area contributed by atoms with Crippen molar-refractivity contribution >= 4 is 23.5 Å². The van der Waals surface area contributed by atoms with Crippen LogP contribution in [0.5, 0.6) is 0 Å². The summed E-state index contributed by atoms with van der Waals surface area (Å²) in [6, 6.07) is 14.1. The highest BCUT2D eigenvalue weighted by Gasteiger charge is 2.49. The highest BCUT2D eigenvalue weighted by atomic mass is 16.2. The summed E-state index contributed by atoms with van der Waals surface area (Å²) >= 11 is 0. The zero-order chi connectivity index (χ0) is 18.9. The van der Waals surface area contributed by atoms with E-state index in [0.717, 1.165) is 16.0 Å². The molecule has 4 amide bonds. The highest BCUT2D eigenvalue weighted by Crippen LogP contribution is 2.28. The molecule has 1 aliphatic heterocycles. The number of hydrogen-bond acceptors (Lipinski definition) is 3. The normalized spacial score (nSPS) is 19.4. The Balaban J connectivity index is 1.73. The van der Waals surface area contributed by atoms with E-state index in [-0.39, 0.29) is 6.54 Å². The van der Waals surface area contributed by atoms with E-state index in [1.54, 1.807) is 19.1 Å². The van der Waals surface area contributed by atoms with Gasteiger partial charge in [0.05, 0.1) is 0 Å². The SMILES string of the molecule is Cc1ccc(NC(=O)CN2C(=O)N[C@@](C)(c3ccc(C)cc3)C2=O)cc1. The third-order valence-corrected chi connectivity index (χ3v) is 4.54. The second kappa shape index (κ2) is 6.63. The average Bonchev–Trinajstić information content (AvgIpc) is 2.82. The van der Waals surface area contributed by atoms with Gasteiger partial charge in [0, 0.05) is 5.69 Å². The number of anilines is 1. The zero-order valence-electron chi connectivity index (χ0n) is 15.0. The van der Waals surface area contributed by atoms with Gasteiger partial charge in [-0.05, 0) is 38.5 Å². The number of rotatable bonds is 4. The molecule has 0 spiro atoms. The minimum absolute atomic E-state index is 0.333. The maximum Gasteiger partial charge on any atom is 0.325 e. The van der Waals surface area contributed by atoms with Crippen molar-refractivity contribution in [1.29, 1.82) is 0 Å². The molecule has 1 fully saturated rings. The Labute approximate surface area is 152 Å². The van der Waals surface area contributed by atoms with Gasteiger partial charge in [0.1, 0.15) is 12.1 Å². The lowest BCUT2D eigenvalue weighted by molar-refractivity contribution is -0.133. The van der Waals surface area contributed by atoms with Crippen LogP contribution in [0.4, 0.5) is 10.5 Å². The Morgan fingerprint density at radius 1 is 1.00 bits per heavy atom. The zero-order valence-corrected chi connectivity index (χ0v) is 15.0. The summed E-state index contributed by atoms with van der Waals surface area (Å²) < 4.78 is 0. The number of hydrogen-bond donors (Lipinski definition) is 2. The monoisotopic (exact) mass is 351 g/mol. The highest BCUT2D eigenvalue weighted by molar-refractivity contribution is 6.10. The van der Waals surface area contributed by atoms with Crippen molar-refractivity contribution in [2.75, 3.05) is 11.9 Å². The number of carbonyl (C=O) groups excluding carboxylic acids is 3. The van der Waals surface area contributed by atoms with Gasteiger partial charge < -0.3 is 10.6 Å². The Morgan fingerprint density at radius 3 is 2.12 bits per heavy atom. The van der Waals surface area contributed by atoms with E-state index in [1.807, 2.05) is 50.2 Å². The van der Waals surface area contributed by atoms with Gasteiger partial charge in [-0.1, -0.05) is 47.5 Å². The van der Waals surface area contributed by atoms with Gasteiger partial charge in [0.15, 0.2) is 0 Å². The lowest BCUT2D eigenvalue weighted by Crippen LogP contribution is -2.42. The predicted molar refractivity (Wildman–Crippen MR) is 98.6 cm³/mol. The molecule has 0 bridgehead atoms. The summed E-state index contributed by atoms with van der Waals surface area (Å²) in [5, 5.41) is 5.40. The van der Waals surface area contributed by atoms with Crippen LogP contribution >= 0.6 is 0 Å². The van der Waals surface area contributed by atoms with Crippen LogP contribution in [0, 0.1) is 13.8 Å². The summed E-state index contributed by atoms with van der Waals surface area (Å²) in [5.74, 6) is -0.865. The Morgan fingerprint density at radius 2 is 1.54 bits per heavy atom. The van der Waals surface area contributed by atoms with Crippen molar-refractivity contribution in [3.63, 3.8) is 0 Å². The molecule has 0 aliphatic carbocycles. The topological polar surface area (TPSA) is 78.5 Å². The van der Waals surface area contributed by atoms with E-state index in [9.17, 15) is 14.4 Å². The molecule has 26 heavy (non-hydrogen) atoms. The maximum atomic E-state index is 12.8. The van der Waals surface area contributed by atoms with E-state index in [0.29, 0.717) is 11.3 Å². The molecule has 6 nitrogen and oxygen atoms in total. The third kappa shape index (κ3) is 3.31. The van der Waals surface area contributed by atoms with E-state index < -0.39 is 23.4 Å². The minimum Gasteiger partial charge on any atom is -0.325 e. The number of nitrogens with one attached hydrogen (secondary N) is 2. The molecule has 6 heteroatoms. The number of imide groups is 1. The van der Waals surface area contributed by atoms with E-state index in [1.165, 1.54) is 0 Å². The Kier molecular flexibility index (Phi) is 4.50. The summed E-state index contributed by atoms with van der Waals surface area (Å²) in [4.78, 5) is 38.3. The van der Waals surface area contributed by atoms with Crippen LogP contribution in [0.25, 0.3) is 0 Å². The van der Waals surface area contributed by atoms with Gasteiger partial charge in [-0.15, -0.1) is 0 Å². The molecule has 0 radical (unpaired) electrons. The number of benzene rings is 2. The number of nitrogens with zero attached hydrogens (tertiary/aromatic N) is 1. The maximum absolute atomic E-state index is 12.8. The molecule has 0 aromatic heterocycles. The summed E-state index contributed by atoms with van der Waals surface area (Å²) in [7, 11) is 0. The molecule has 1 heterocycles. The van der Waals surface area contributed by atoms with Crippen molar-refractivity contribution < 1.29 is 14.4 Å². The van der Waals surface area contributed by atoms with Gasteiger partial charge >= 0.3 is 6.03 Å². The molecule has 0 saturated carbocycles. The first-order valence-electron chi connectivity index (χ1n) is 8.37. The molecule has 1 atom stereocenters.